The second-order valence-electron chi connectivity index (χ2n) is 5.51. The first-order valence-electron chi connectivity index (χ1n) is 7.78. The van der Waals surface area contributed by atoms with E-state index in [-0.39, 0.29) is 30.7 Å². The lowest BCUT2D eigenvalue weighted by atomic mass is 10.1. The molecule has 122 valence electrons. The van der Waals surface area contributed by atoms with Crippen LogP contribution in [0.5, 0.6) is 0 Å². The Bertz CT molecular complexity index is 739. The zero-order chi connectivity index (χ0) is 16.9. The van der Waals surface area contributed by atoms with Crippen LogP contribution in [-0.2, 0) is 11.3 Å². The van der Waals surface area contributed by atoms with E-state index in [0.29, 0.717) is 24.1 Å². The average molecular weight is 323 g/mol. The van der Waals surface area contributed by atoms with Crippen molar-refractivity contribution in [3.63, 3.8) is 0 Å². The zero-order valence-electron chi connectivity index (χ0n) is 13.1. The number of rotatable bonds is 6. The van der Waals surface area contributed by atoms with Crippen molar-refractivity contribution in [1.82, 2.24) is 15.2 Å². The summed E-state index contributed by atoms with van der Waals surface area (Å²) in [6.45, 7) is 0.607. The predicted molar refractivity (Wildman–Crippen MR) is 87.1 cm³/mol. The van der Waals surface area contributed by atoms with E-state index in [1.54, 1.807) is 30.5 Å². The van der Waals surface area contributed by atoms with Gasteiger partial charge in [0.05, 0.1) is 23.4 Å². The van der Waals surface area contributed by atoms with Crippen LogP contribution in [0.1, 0.15) is 39.3 Å². The van der Waals surface area contributed by atoms with Crippen LogP contribution in [0, 0.1) is 0 Å². The fourth-order valence-corrected chi connectivity index (χ4v) is 2.62. The molecule has 0 saturated heterocycles. The molecule has 0 saturated carbocycles. The molecule has 0 aliphatic carbocycles. The number of hydrogen-bond donors (Lipinski definition) is 1. The van der Waals surface area contributed by atoms with E-state index in [0.717, 1.165) is 5.69 Å². The maximum Gasteiger partial charge on any atom is 0.261 e. The highest BCUT2D eigenvalue weighted by molar-refractivity contribution is 6.21. The number of carbonyl (C=O) groups excluding carboxylic acids is 3. The fraction of sp³-hybridized carbons (Fsp3) is 0.222. The zero-order valence-corrected chi connectivity index (χ0v) is 13.1. The minimum Gasteiger partial charge on any atom is -0.350 e. The maximum atomic E-state index is 12.2. The third-order valence-electron chi connectivity index (χ3n) is 3.86. The van der Waals surface area contributed by atoms with Crippen molar-refractivity contribution >= 4 is 17.7 Å². The van der Waals surface area contributed by atoms with Crippen LogP contribution in [0.15, 0.2) is 48.7 Å². The molecule has 1 N–H and O–H groups in total. The van der Waals surface area contributed by atoms with Crippen molar-refractivity contribution in [3.05, 3.63) is 65.5 Å². The second kappa shape index (κ2) is 7.04. The van der Waals surface area contributed by atoms with Crippen molar-refractivity contribution in [3.8, 4) is 0 Å². The van der Waals surface area contributed by atoms with Crippen LogP contribution in [0.3, 0.4) is 0 Å². The number of imide groups is 1. The lowest BCUT2D eigenvalue weighted by Crippen LogP contribution is -2.32. The number of aromatic nitrogens is 1. The highest BCUT2D eigenvalue weighted by Gasteiger charge is 2.34. The van der Waals surface area contributed by atoms with Gasteiger partial charge in [0.15, 0.2) is 0 Å². The van der Waals surface area contributed by atoms with Gasteiger partial charge in [0, 0.05) is 19.2 Å². The van der Waals surface area contributed by atoms with Crippen LogP contribution < -0.4 is 5.32 Å². The van der Waals surface area contributed by atoms with Crippen LogP contribution in [-0.4, -0.2) is 34.2 Å². The van der Waals surface area contributed by atoms with Crippen molar-refractivity contribution in [1.29, 1.82) is 0 Å². The number of carbonyl (C=O) groups is 3. The average Bonchev–Trinajstić information content (AvgIpc) is 2.86. The van der Waals surface area contributed by atoms with Gasteiger partial charge in [-0.15, -0.1) is 0 Å². The number of hydrogen-bond acceptors (Lipinski definition) is 4. The lowest BCUT2D eigenvalue weighted by molar-refractivity contribution is -0.121. The summed E-state index contributed by atoms with van der Waals surface area (Å²) in [6, 6.07) is 12.3. The van der Waals surface area contributed by atoms with E-state index >= 15 is 0 Å². The fourth-order valence-electron chi connectivity index (χ4n) is 2.62. The number of fused-ring (bicyclic) bond motifs is 1. The molecular weight excluding hydrogens is 306 g/mol. The monoisotopic (exact) mass is 323 g/mol. The van der Waals surface area contributed by atoms with Gasteiger partial charge >= 0.3 is 0 Å². The molecular formula is C18H17N3O3. The predicted octanol–water partition coefficient (Wildman–Crippen LogP) is 1.77. The smallest absolute Gasteiger partial charge is 0.261 e. The second-order valence-corrected chi connectivity index (χ2v) is 5.51. The van der Waals surface area contributed by atoms with Gasteiger partial charge in [-0.3, -0.25) is 24.3 Å². The maximum absolute atomic E-state index is 12.2. The van der Waals surface area contributed by atoms with Gasteiger partial charge in [-0.25, -0.2) is 0 Å². The normalized spacial score (nSPS) is 13.1. The third-order valence-corrected chi connectivity index (χ3v) is 3.86. The van der Waals surface area contributed by atoms with Gasteiger partial charge in [0.25, 0.3) is 11.8 Å². The van der Waals surface area contributed by atoms with Crippen molar-refractivity contribution in [2.45, 2.75) is 19.4 Å². The van der Waals surface area contributed by atoms with Gasteiger partial charge in [0.1, 0.15) is 0 Å². The summed E-state index contributed by atoms with van der Waals surface area (Å²) in [5.41, 5.74) is 1.65. The van der Waals surface area contributed by atoms with E-state index in [9.17, 15) is 14.4 Å². The Morgan fingerprint density at radius 2 is 1.67 bits per heavy atom. The van der Waals surface area contributed by atoms with E-state index < -0.39 is 0 Å². The molecule has 0 atom stereocenters. The molecule has 3 rings (SSSR count). The first kappa shape index (κ1) is 15.9. The van der Waals surface area contributed by atoms with Crippen molar-refractivity contribution < 1.29 is 14.4 Å². The van der Waals surface area contributed by atoms with Gasteiger partial charge in [-0.1, -0.05) is 18.2 Å². The van der Waals surface area contributed by atoms with Gasteiger partial charge in [0.2, 0.25) is 5.91 Å². The van der Waals surface area contributed by atoms with Crippen molar-refractivity contribution in [2.75, 3.05) is 6.54 Å². The Morgan fingerprint density at radius 1 is 1.00 bits per heavy atom. The molecule has 0 radical (unpaired) electrons. The van der Waals surface area contributed by atoms with Crippen LogP contribution >= 0.6 is 0 Å². The van der Waals surface area contributed by atoms with E-state index in [4.69, 9.17) is 0 Å². The summed E-state index contributed by atoms with van der Waals surface area (Å²) < 4.78 is 0. The largest absolute Gasteiger partial charge is 0.350 e. The Hall–Kier alpha value is -3.02. The van der Waals surface area contributed by atoms with E-state index in [1.165, 1.54) is 4.90 Å². The number of amides is 3. The summed E-state index contributed by atoms with van der Waals surface area (Å²) in [7, 11) is 0. The molecule has 3 amide bonds. The molecule has 1 aromatic heterocycles. The molecule has 2 heterocycles. The highest BCUT2D eigenvalue weighted by atomic mass is 16.2. The number of nitrogens with zero attached hydrogens (tertiary/aromatic N) is 2. The number of benzene rings is 1. The molecule has 0 bridgehead atoms. The molecule has 1 aromatic carbocycles. The van der Waals surface area contributed by atoms with Gasteiger partial charge in [-0.2, -0.15) is 0 Å². The molecule has 1 aliphatic heterocycles. The molecule has 0 spiro atoms. The molecule has 24 heavy (non-hydrogen) atoms. The molecule has 0 fully saturated rings. The van der Waals surface area contributed by atoms with E-state index in [2.05, 4.69) is 10.3 Å². The summed E-state index contributed by atoms with van der Waals surface area (Å²) in [5, 5.41) is 2.77. The summed E-state index contributed by atoms with van der Waals surface area (Å²) in [5.74, 6) is -0.703. The Balaban J connectivity index is 1.46. The number of pyridine rings is 1. The quantitative estimate of drug-likeness (QED) is 0.822. The van der Waals surface area contributed by atoms with Crippen LogP contribution in [0.25, 0.3) is 0 Å². The van der Waals surface area contributed by atoms with Gasteiger partial charge in [-0.05, 0) is 30.7 Å². The highest BCUT2D eigenvalue weighted by Crippen LogP contribution is 2.22. The SMILES string of the molecule is O=C(CCCN1C(=O)c2ccccc2C1=O)NCc1ccccn1. The Morgan fingerprint density at radius 3 is 2.29 bits per heavy atom. The topological polar surface area (TPSA) is 79.4 Å². The van der Waals surface area contributed by atoms with Crippen molar-refractivity contribution in [2.24, 2.45) is 0 Å². The number of nitrogens with one attached hydrogen (secondary N) is 1. The molecule has 6 nitrogen and oxygen atoms in total. The molecule has 2 aromatic rings. The van der Waals surface area contributed by atoms with Gasteiger partial charge < -0.3 is 5.32 Å². The Labute approximate surface area is 139 Å². The van der Waals surface area contributed by atoms with Crippen LogP contribution in [0.2, 0.25) is 0 Å². The summed E-state index contributed by atoms with van der Waals surface area (Å²) in [4.78, 5) is 41.6. The minimum absolute atomic E-state index is 0.128. The molecule has 1 aliphatic rings. The first-order valence-corrected chi connectivity index (χ1v) is 7.78. The third kappa shape index (κ3) is 3.32. The van der Waals surface area contributed by atoms with Crippen LogP contribution in [0.4, 0.5) is 0 Å². The minimum atomic E-state index is -0.288. The first-order chi connectivity index (χ1) is 11.7. The molecule has 6 heteroatoms. The van der Waals surface area contributed by atoms with E-state index in [1.807, 2.05) is 18.2 Å². The summed E-state index contributed by atoms with van der Waals surface area (Å²) in [6.07, 6.45) is 2.35. The Kier molecular flexibility index (Phi) is 4.65. The molecule has 0 unspecified atom stereocenters. The standard InChI is InChI=1S/C18H17N3O3/c22-16(20-12-13-6-3-4-10-19-13)9-5-11-21-17(23)14-7-1-2-8-15(14)18(21)24/h1-4,6-8,10H,5,9,11-12H2,(H,20,22). The lowest BCUT2D eigenvalue weighted by Gasteiger charge is -2.13. The summed E-state index contributed by atoms with van der Waals surface area (Å²) >= 11 is 0.